The Kier molecular flexibility index (Phi) is 6.21. The minimum Gasteiger partial charge on any atom is -0.351 e. The van der Waals surface area contributed by atoms with Crippen molar-refractivity contribution in [3.05, 3.63) is 53.4 Å². The number of amides is 1. The number of pyridine rings is 1. The Bertz CT molecular complexity index is 1110. The van der Waals surface area contributed by atoms with Gasteiger partial charge in [-0.1, -0.05) is 19.0 Å². The maximum absolute atomic E-state index is 13.5. The topological polar surface area (TPSA) is 88.3 Å². The highest BCUT2D eigenvalue weighted by atomic mass is 16.5. The van der Waals surface area contributed by atoms with E-state index in [4.69, 9.17) is 9.51 Å². The zero-order valence-electron chi connectivity index (χ0n) is 19.4. The number of hydrogen-bond donors (Lipinski definition) is 0. The van der Waals surface area contributed by atoms with Gasteiger partial charge >= 0.3 is 0 Å². The first-order valence-corrected chi connectivity index (χ1v) is 11.1. The molecule has 32 heavy (non-hydrogen) atoms. The molecular weight excluding hydrogens is 404 g/mol. The number of piperidine rings is 1. The van der Waals surface area contributed by atoms with Crippen molar-refractivity contribution in [3.63, 3.8) is 0 Å². The van der Waals surface area contributed by atoms with E-state index in [9.17, 15) is 4.79 Å². The summed E-state index contributed by atoms with van der Waals surface area (Å²) < 4.78 is 5.43. The normalized spacial score (nSPS) is 16.4. The van der Waals surface area contributed by atoms with Crippen LogP contribution in [0.25, 0.3) is 11.1 Å². The number of hydrogen-bond acceptors (Lipinski definition) is 7. The number of anilines is 1. The van der Waals surface area contributed by atoms with Crippen LogP contribution >= 0.6 is 0 Å². The molecule has 1 aliphatic rings. The predicted octanol–water partition coefficient (Wildman–Crippen LogP) is 4.39. The summed E-state index contributed by atoms with van der Waals surface area (Å²) in [5.74, 6) is 0.957. The van der Waals surface area contributed by atoms with E-state index in [1.807, 2.05) is 63.1 Å². The second-order valence-electron chi connectivity index (χ2n) is 8.83. The van der Waals surface area contributed by atoms with Crippen LogP contribution in [0.4, 0.5) is 5.95 Å². The third kappa shape index (κ3) is 4.22. The average Bonchev–Trinajstić information content (AvgIpc) is 3.29. The summed E-state index contributed by atoms with van der Waals surface area (Å²) in [6, 6.07) is 3.57. The molecule has 1 atom stereocenters. The quantitative estimate of drug-likeness (QED) is 0.588. The van der Waals surface area contributed by atoms with Gasteiger partial charge in [-0.05, 0) is 49.3 Å². The molecule has 0 unspecified atom stereocenters. The molecule has 1 amide bonds. The van der Waals surface area contributed by atoms with Crippen LogP contribution in [0.15, 0.2) is 35.2 Å². The molecule has 1 aliphatic heterocycles. The van der Waals surface area contributed by atoms with Crippen molar-refractivity contribution in [3.8, 4) is 11.1 Å². The fourth-order valence-electron chi connectivity index (χ4n) is 4.10. The second kappa shape index (κ2) is 9.06. The summed E-state index contributed by atoms with van der Waals surface area (Å²) in [6.45, 7) is 6.74. The van der Waals surface area contributed by atoms with E-state index in [2.05, 4.69) is 15.1 Å². The summed E-state index contributed by atoms with van der Waals surface area (Å²) in [4.78, 5) is 31.0. The van der Waals surface area contributed by atoms with E-state index in [1.165, 1.54) is 0 Å². The van der Waals surface area contributed by atoms with Crippen LogP contribution in [-0.2, 0) is 0 Å². The Labute approximate surface area is 188 Å². The van der Waals surface area contributed by atoms with Crippen molar-refractivity contribution in [1.82, 2.24) is 25.0 Å². The van der Waals surface area contributed by atoms with Crippen molar-refractivity contribution in [1.29, 1.82) is 0 Å². The van der Waals surface area contributed by atoms with Crippen LogP contribution in [0, 0.1) is 6.92 Å². The largest absolute Gasteiger partial charge is 0.351 e. The van der Waals surface area contributed by atoms with Gasteiger partial charge in [-0.25, -0.2) is 9.97 Å². The molecule has 4 heterocycles. The Balaban J connectivity index is 1.79. The first-order valence-electron chi connectivity index (χ1n) is 11.1. The van der Waals surface area contributed by atoms with Crippen LogP contribution in [0.5, 0.6) is 0 Å². The SMILES string of the molecule is Cc1cnccc1-c1cnc(N(C)C)nc1[C@H]1CCCCN1C(=O)c1cc(C(C)C)no1. The smallest absolute Gasteiger partial charge is 0.293 e. The zero-order valence-corrected chi connectivity index (χ0v) is 19.4. The number of nitrogens with zero attached hydrogens (tertiary/aromatic N) is 6. The minimum atomic E-state index is -0.173. The van der Waals surface area contributed by atoms with Crippen molar-refractivity contribution in [2.24, 2.45) is 0 Å². The van der Waals surface area contributed by atoms with Crippen molar-refractivity contribution in [2.45, 2.75) is 52.0 Å². The molecule has 0 saturated carbocycles. The van der Waals surface area contributed by atoms with Crippen molar-refractivity contribution in [2.75, 3.05) is 25.5 Å². The van der Waals surface area contributed by atoms with Crippen LogP contribution in [0.2, 0.25) is 0 Å². The third-order valence-electron chi connectivity index (χ3n) is 5.93. The Morgan fingerprint density at radius 3 is 2.72 bits per heavy atom. The summed E-state index contributed by atoms with van der Waals surface area (Å²) >= 11 is 0. The van der Waals surface area contributed by atoms with Gasteiger partial charge in [-0.3, -0.25) is 9.78 Å². The summed E-state index contributed by atoms with van der Waals surface area (Å²) in [6.07, 6.45) is 8.28. The lowest BCUT2D eigenvalue weighted by Gasteiger charge is -2.36. The lowest BCUT2D eigenvalue weighted by Crippen LogP contribution is -2.39. The van der Waals surface area contributed by atoms with Crippen LogP contribution in [-0.4, -0.2) is 51.6 Å². The predicted molar refractivity (Wildman–Crippen MR) is 123 cm³/mol. The van der Waals surface area contributed by atoms with Gasteiger partial charge in [0.1, 0.15) is 0 Å². The Morgan fingerprint density at radius 2 is 2.03 bits per heavy atom. The van der Waals surface area contributed by atoms with E-state index in [1.54, 1.807) is 12.3 Å². The molecule has 3 aromatic rings. The highest BCUT2D eigenvalue weighted by Gasteiger charge is 2.34. The highest BCUT2D eigenvalue weighted by Crippen LogP contribution is 2.38. The molecule has 8 heteroatoms. The number of aryl methyl sites for hydroxylation is 1. The molecule has 4 rings (SSSR count). The van der Waals surface area contributed by atoms with Gasteiger partial charge in [0, 0.05) is 50.9 Å². The molecule has 0 radical (unpaired) electrons. The number of aromatic nitrogens is 4. The Morgan fingerprint density at radius 1 is 1.22 bits per heavy atom. The van der Waals surface area contributed by atoms with Gasteiger partial charge in [-0.2, -0.15) is 0 Å². The molecule has 168 valence electrons. The first-order chi connectivity index (χ1) is 15.4. The molecular formula is C24H30N6O2. The maximum Gasteiger partial charge on any atom is 0.293 e. The standard InChI is InChI=1S/C24H30N6O2/c1-15(2)19-12-21(32-28-19)23(31)30-11-7-6-8-20(30)22-18(14-26-24(27-22)29(4)5)17-9-10-25-13-16(17)3/h9-10,12-15,20H,6-8,11H2,1-5H3/t20-/m1/s1. The van der Waals surface area contributed by atoms with Gasteiger partial charge in [0.2, 0.25) is 11.7 Å². The summed E-state index contributed by atoms with van der Waals surface area (Å²) in [5.41, 5.74) is 4.64. The fourth-order valence-corrected chi connectivity index (χ4v) is 4.10. The van der Waals surface area contributed by atoms with Crippen molar-refractivity contribution < 1.29 is 9.32 Å². The highest BCUT2D eigenvalue weighted by molar-refractivity contribution is 5.92. The number of rotatable bonds is 5. The summed E-state index contributed by atoms with van der Waals surface area (Å²) in [5, 5.41) is 4.08. The third-order valence-corrected chi connectivity index (χ3v) is 5.93. The lowest BCUT2D eigenvalue weighted by atomic mass is 9.92. The number of likely N-dealkylation sites (tertiary alicyclic amines) is 1. The van der Waals surface area contributed by atoms with Crippen LogP contribution < -0.4 is 4.90 Å². The van der Waals surface area contributed by atoms with Gasteiger partial charge in [-0.15, -0.1) is 0 Å². The molecule has 0 aromatic carbocycles. The number of carbonyl (C=O) groups excluding carboxylic acids is 1. The molecule has 0 aliphatic carbocycles. The van der Waals surface area contributed by atoms with Gasteiger partial charge in [0.05, 0.1) is 17.4 Å². The molecule has 1 saturated heterocycles. The zero-order chi connectivity index (χ0) is 22.8. The second-order valence-corrected chi connectivity index (χ2v) is 8.83. The average molecular weight is 435 g/mol. The van der Waals surface area contributed by atoms with Gasteiger partial charge < -0.3 is 14.3 Å². The van der Waals surface area contributed by atoms with E-state index >= 15 is 0 Å². The van der Waals surface area contributed by atoms with Crippen molar-refractivity contribution >= 4 is 11.9 Å². The molecule has 8 nitrogen and oxygen atoms in total. The molecule has 1 fully saturated rings. The maximum atomic E-state index is 13.5. The molecule has 3 aromatic heterocycles. The lowest BCUT2D eigenvalue weighted by molar-refractivity contribution is 0.0564. The van der Waals surface area contributed by atoms with E-state index < -0.39 is 0 Å². The van der Waals surface area contributed by atoms with E-state index in [-0.39, 0.29) is 23.6 Å². The van der Waals surface area contributed by atoms with Gasteiger partial charge in [0.15, 0.2) is 0 Å². The first kappa shape index (κ1) is 21.9. The molecule has 0 N–H and O–H groups in total. The van der Waals surface area contributed by atoms with E-state index in [0.29, 0.717) is 12.5 Å². The monoisotopic (exact) mass is 434 g/mol. The van der Waals surface area contributed by atoms with Crippen LogP contribution in [0.1, 0.15) is 72.6 Å². The minimum absolute atomic E-state index is 0.142. The number of carbonyl (C=O) groups is 1. The Hall–Kier alpha value is -3.29. The summed E-state index contributed by atoms with van der Waals surface area (Å²) in [7, 11) is 3.84. The fraction of sp³-hybridized carbons (Fsp3) is 0.458. The van der Waals surface area contributed by atoms with E-state index in [0.717, 1.165) is 47.3 Å². The van der Waals surface area contributed by atoms with Gasteiger partial charge in [0.25, 0.3) is 5.91 Å². The molecule has 0 bridgehead atoms. The molecule has 0 spiro atoms. The van der Waals surface area contributed by atoms with Crippen LogP contribution in [0.3, 0.4) is 0 Å².